The van der Waals surface area contributed by atoms with E-state index in [1.54, 1.807) is 7.11 Å². The number of rotatable bonds is 4. The first-order valence-electron chi connectivity index (χ1n) is 12.6. The molecular formula is C33H26NO4+. The fourth-order valence-corrected chi connectivity index (χ4v) is 5.72. The van der Waals surface area contributed by atoms with E-state index in [0.717, 1.165) is 60.6 Å². The molecule has 0 saturated heterocycles. The molecule has 0 amide bonds. The van der Waals surface area contributed by atoms with Crippen molar-refractivity contribution in [2.24, 2.45) is 7.05 Å². The minimum absolute atomic E-state index is 0.0823. The van der Waals surface area contributed by atoms with Crippen LogP contribution in [0.25, 0.3) is 54.7 Å². The van der Waals surface area contributed by atoms with Crippen molar-refractivity contribution in [3.8, 4) is 39.5 Å². The number of aromatic nitrogens is 1. The monoisotopic (exact) mass is 500 g/mol. The maximum absolute atomic E-state index is 9.91. The van der Waals surface area contributed by atoms with Crippen molar-refractivity contribution < 1.29 is 23.9 Å². The third kappa shape index (κ3) is 3.40. The summed E-state index contributed by atoms with van der Waals surface area (Å²) in [6, 6.07) is 29.6. The molecule has 0 atom stereocenters. The van der Waals surface area contributed by atoms with E-state index in [4.69, 9.17) is 14.2 Å². The van der Waals surface area contributed by atoms with Gasteiger partial charge in [-0.1, -0.05) is 66.7 Å². The van der Waals surface area contributed by atoms with E-state index in [-0.39, 0.29) is 13.4 Å². The van der Waals surface area contributed by atoms with Gasteiger partial charge in [0, 0.05) is 16.3 Å². The Hall–Kier alpha value is -4.61. The van der Waals surface area contributed by atoms with Gasteiger partial charge in [0.05, 0.1) is 29.9 Å². The molecule has 0 spiro atoms. The van der Waals surface area contributed by atoms with Gasteiger partial charge in [-0.05, 0) is 40.5 Å². The number of benzene rings is 5. The summed E-state index contributed by atoms with van der Waals surface area (Å²) >= 11 is 0. The molecule has 1 N–H and O–H groups in total. The van der Waals surface area contributed by atoms with E-state index in [9.17, 15) is 5.11 Å². The molecular weight excluding hydrogens is 474 g/mol. The largest absolute Gasteiger partial charge is 0.495 e. The summed E-state index contributed by atoms with van der Waals surface area (Å²) < 4.78 is 19.4. The molecule has 0 aliphatic carbocycles. The van der Waals surface area contributed by atoms with E-state index in [1.165, 1.54) is 11.1 Å². The van der Waals surface area contributed by atoms with E-state index < -0.39 is 0 Å². The van der Waals surface area contributed by atoms with Crippen molar-refractivity contribution in [1.29, 1.82) is 0 Å². The van der Waals surface area contributed by atoms with Crippen LogP contribution in [0.1, 0.15) is 5.56 Å². The quantitative estimate of drug-likeness (QED) is 0.221. The lowest BCUT2D eigenvalue weighted by molar-refractivity contribution is -0.642. The van der Waals surface area contributed by atoms with Gasteiger partial charge in [-0.15, -0.1) is 0 Å². The normalized spacial score (nSPS) is 12.5. The Labute approximate surface area is 220 Å². The van der Waals surface area contributed by atoms with Crippen molar-refractivity contribution in [2.75, 3.05) is 13.9 Å². The van der Waals surface area contributed by atoms with Gasteiger partial charge in [0.15, 0.2) is 17.7 Å². The summed E-state index contributed by atoms with van der Waals surface area (Å²) in [5.41, 5.74) is 6.46. The fourth-order valence-electron chi connectivity index (χ4n) is 5.72. The second-order valence-corrected chi connectivity index (χ2v) is 9.63. The number of fused-ring (bicyclic) bond motifs is 6. The van der Waals surface area contributed by atoms with Crippen LogP contribution in [0.2, 0.25) is 0 Å². The molecule has 2 heterocycles. The topological polar surface area (TPSA) is 51.8 Å². The molecule has 186 valence electrons. The van der Waals surface area contributed by atoms with Gasteiger partial charge in [-0.3, -0.25) is 0 Å². The number of pyridine rings is 1. The number of aryl methyl sites for hydroxylation is 1. The molecule has 7 rings (SSSR count). The molecule has 38 heavy (non-hydrogen) atoms. The lowest BCUT2D eigenvalue weighted by atomic mass is 9.91. The predicted molar refractivity (Wildman–Crippen MR) is 150 cm³/mol. The Morgan fingerprint density at radius 1 is 0.737 bits per heavy atom. The summed E-state index contributed by atoms with van der Waals surface area (Å²) in [5, 5.41) is 15.2. The van der Waals surface area contributed by atoms with Gasteiger partial charge in [-0.2, -0.15) is 4.57 Å². The number of ether oxygens (including phenoxy) is 3. The van der Waals surface area contributed by atoms with Crippen molar-refractivity contribution >= 4 is 32.4 Å². The van der Waals surface area contributed by atoms with Gasteiger partial charge in [0.2, 0.25) is 12.3 Å². The summed E-state index contributed by atoms with van der Waals surface area (Å²) in [5.74, 6) is 2.21. The second-order valence-electron chi connectivity index (χ2n) is 9.63. The van der Waals surface area contributed by atoms with Crippen LogP contribution >= 0.6 is 0 Å². The van der Waals surface area contributed by atoms with E-state index >= 15 is 0 Å². The minimum atomic E-state index is -0.0823. The molecule has 1 aromatic heterocycles. The maximum Gasteiger partial charge on any atom is 0.231 e. The number of aliphatic hydroxyl groups excluding tert-OH is 1. The summed E-state index contributed by atoms with van der Waals surface area (Å²) in [6.45, 7) is 0.141. The van der Waals surface area contributed by atoms with E-state index in [1.807, 2.05) is 19.2 Å². The van der Waals surface area contributed by atoms with Crippen LogP contribution in [0.5, 0.6) is 17.2 Å². The molecule has 0 unspecified atom stereocenters. The highest BCUT2D eigenvalue weighted by Gasteiger charge is 2.24. The molecule has 5 nitrogen and oxygen atoms in total. The van der Waals surface area contributed by atoms with E-state index in [2.05, 4.69) is 83.6 Å². The number of nitrogens with zero attached hydrogens (tertiary/aromatic N) is 1. The van der Waals surface area contributed by atoms with Crippen molar-refractivity contribution in [2.45, 2.75) is 6.61 Å². The van der Waals surface area contributed by atoms with Gasteiger partial charge < -0.3 is 19.3 Å². The lowest BCUT2D eigenvalue weighted by Crippen LogP contribution is -2.28. The zero-order valence-electron chi connectivity index (χ0n) is 21.2. The molecule has 1 aliphatic rings. The smallest absolute Gasteiger partial charge is 0.231 e. The fraction of sp³-hybridized carbons (Fsp3) is 0.121. The van der Waals surface area contributed by atoms with Crippen LogP contribution in [-0.2, 0) is 13.7 Å². The summed E-state index contributed by atoms with van der Waals surface area (Å²) in [6.07, 6.45) is 2.08. The molecule has 5 heteroatoms. The number of hydrogen-bond acceptors (Lipinski definition) is 4. The standard InChI is InChI=1S/C33H26NO4/c1-34-17-29-24(13-12-23(18-35)33(29)36-2)27-14-25(22-10-8-21(9-11-22)20-6-4-3-5-7-20)26-15-30-31(38-19-37-30)16-28(26)32(27)34/h3-17,35H,18-19H2,1-2H3/q+1. The molecule has 1 aliphatic heterocycles. The first-order valence-corrected chi connectivity index (χ1v) is 12.6. The number of aliphatic hydroxyl groups is 1. The second kappa shape index (κ2) is 8.75. The average molecular weight is 501 g/mol. The van der Waals surface area contributed by atoms with E-state index in [0.29, 0.717) is 5.75 Å². The highest BCUT2D eigenvalue weighted by atomic mass is 16.7. The molecule has 0 saturated carbocycles. The average Bonchev–Trinajstić information content (AvgIpc) is 3.43. The van der Waals surface area contributed by atoms with Gasteiger partial charge in [0.1, 0.15) is 12.8 Å². The third-order valence-electron chi connectivity index (χ3n) is 7.52. The van der Waals surface area contributed by atoms with Gasteiger partial charge in [-0.25, -0.2) is 0 Å². The maximum atomic E-state index is 9.91. The first-order chi connectivity index (χ1) is 18.7. The van der Waals surface area contributed by atoms with Crippen LogP contribution in [0, 0.1) is 0 Å². The number of hydrogen-bond donors (Lipinski definition) is 1. The number of methoxy groups -OCH3 is 1. The molecule has 5 aromatic carbocycles. The SMILES string of the molecule is COc1c(CO)ccc2c1c[n+](C)c1c3cc4c(cc3c(-c3ccc(-c5ccccc5)cc3)cc21)OCO4. The lowest BCUT2D eigenvalue weighted by Gasteiger charge is -2.15. The predicted octanol–water partition coefficient (Wildman–Crippen LogP) is 6.53. The zero-order valence-corrected chi connectivity index (χ0v) is 21.2. The van der Waals surface area contributed by atoms with Gasteiger partial charge >= 0.3 is 0 Å². The van der Waals surface area contributed by atoms with Gasteiger partial charge in [0.25, 0.3) is 0 Å². The Morgan fingerprint density at radius 2 is 1.39 bits per heavy atom. The summed E-state index contributed by atoms with van der Waals surface area (Å²) in [4.78, 5) is 0. The van der Waals surface area contributed by atoms with Crippen molar-refractivity contribution in [1.82, 2.24) is 0 Å². The minimum Gasteiger partial charge on any atom is -0.495 e. The Kier molecular flexibility index (Phi) is 5.20. The van der Waals surface area contributed by atoms with Crippen LogP contribution in [-0.4, -0.2) is 19.0 Å². The first kappa shape index (κ1) is 22.6. The molecule has 6 aromatic rings. The zero-order chi connectivity index (χ0) is 25.8. The Bertz CT molecular complexity index is 1860. The van der Waals surface area contributed by atoms with Crippen LogP contribution < -0.4 is 18.8 Å². The molecule has 0 bridgehead atoms. The molecule has 0 radical (unpaired) electrons. The summed E-state index contributed by atoms with van der Waals surface area (Å²) in [7, 11) is 3.70. The van der Waals surface area contributed by atoms with Crippen LogP contribution in [0.3, 0.4) is 0 Å². The highest BCUT2D eigenvalue weighted by molar-refractivity contribution is 6.19. The highest BCUT2D eigenvalue weighted by Crippen LogP contribution is 2.44. The third-order valence-corrected chi connectivity index (χ3v) is 7.52. The van der Waals surface area contributed by atoms with Crippen LogP contribution in [0.4, 0.5) is 0 Å². The van der Waals surface area contributed by atoms with Crippen molar-refractivity contribution in [3.63, 3.8) is 0 Å². The Balaban J connectivity index is 1.56. The van der Waals surface area contributed by atoms with Crippen molar-refractivity contribution in [3.05, 3.63) is 96.7 Å². The Morgan fingerprint density at radius 3 is 2.11 bits per heavy atom. The van der Waals surface area contributed by atoms with Crippen LogP contribution in [0.15, 0.2) is 91.1 Å². The molecule has 0 fully saturated rings.